The lowest BCUT2D eigenvalue weighted by molar-refractivity contribution is 1.13. The van der Waals surface area contributed by atoms with Crippen LogP contribution in [-0.4, -0.2) is 4.98 Å². The maximum Gasteiger partial charge on any atom is 0.0648 e. The second kappa shape index (κ2) is 5.50. The number of rotatable bonds is 3. The van der Waals surface area contributed by atoms with Crippen LogP contribution in [-0.2, 0) is 6.54 Å². The van der Waals surface area contributed by atoms with Crippen LogP contribution in [0.15, 0.2) is 42.7 Å². The van der Waals surface area contributed by atoms with E-state index in [4.69, 9.17) is 11.6 Å². The van der Waals surface area contributed by atoms with Gasteiger partial charge in [-0.25, -0.2) is 0 Å². The predicted molar refractivity (Wildman–Crippen MR) is 75.7 cm³/mol. The van der Waals surface area contributed by atoms with E-state index in [0.717, 1.165) is 20.8 Å². The van der Waals surface area contributed by atoms with Crippen LogP contribution in [0.5, 0.6) is 0 Å². The highest BCUT2D eigenvalue weighted by atomic mass is 127. The number of hydrogen-bond acceptors (Lipinski definition) is 2. The fourth-order valence-electron chi connectivity index (χ4n) is 1.33. The van der Waals surface area contributed by atoms with E-state index in [1.165, 1.54) is 5.56 Å². The summed E-state index contributed by atoms with van der Waals surface area (Å²) in [5.41, 5.74) is 2.14. The van der Waals surface area contributed by atoms with E-state index in [2.05, 4.69) is 32.9 Å². The molecule has 0 saturated carbocycles. The van der Waals surface area contributed by atoms with Gasteiger partial charge in [0.2, 0.25) is 0 Å². The smallest absolute Gasteiger partial charge is 0.0648 e. The van der Waals surface area contributed by atoms with Crippen LogP contribution in [0.1, 0.15) is 5.56 Å². The molecule has 1 aromatic carbocycles. The van der Waals surface area contributed by atoms with Crippen LogP contribution in [0.3, 0.4) is 0 Å². The van der Waals surface area contributed by atoms with Gasteiger partial charge in [0.25, 0.3) is 0 Å². The molecule has 0 spiro atoms. The Hall–Kier alpha value is -0.810. The van der Waals surface area contributed by atoms with Crippen molar-refractivity contribution < 1.29 is 0 Å². The second-order valence-electron chi connectivity index (χ2n) is 3.33. The fourth-order valence-corrected chi connectivity index (χ4v) is 2.25. The summed E-state index contributed by atoms with van der Waals surface area (Å²) < 4.78 is 1.14. The van der Waals surface area contributed by atoms with Gasteiger partial charge in [-0.15, -0.1) is 0 Å². The average Bonchev–Trinajstić information content (AvgIpc) is 2.29. The van der Waals surface area contributed by atoms with Crippen molar-refractivity contribution in [1.29, 1.82) is 0 Å². The van der Waals surface area contributed by atoms with E-state index >= 15 is 0 Å². The van der Waals surface area contributed by atoms with Gasteiger partial charge in [-0.1, -0.05) is 11.6 Å². The Morgan fingerprint density at radius 3 is 2.62 bits per heavy atom. The minimum absolute atomic E-state index is 0.751. The molecule has 2 rings (SSSR count). The Kier molecular flexibility index (Phi) is 4.01. The molecule has 1 heterocycles. The summed E-state index contributed by atoms with van der Waals surface area (Å²) in [6.45, 7) is 0.753. The van der Waals surface area contributed by atoms with Crippen molar-refractivity contribution in [1.82, 2.24) is 4.98 Å². The van der Waals surface area contributed by atoms with E-state index < -0.39 is 0 Å². The molecule has 1 N–H and O–H groups in total. The number of hydrogen-bond donors (Lipinski definition) is 1. The lowest BCUT2D eigenvalue weighted by atomic mass is 10.2. The van der Waals surface area contributed by atoms with Gasteiger partial charge in [0.15, 0.2) is 0 Å². The lowest BCUT2D eigenvalue weighted by Crippen LogP contribution is -1.99. The quantitative estimate of drug-likeness (QED) is 0.853. The summed E-state index contributed by atoms with van der Waals surface area (Å²) >= 11 is 8.36. The molecule has 0 bridgehead atoms. The highest BCUT2D eigenvalue weighted by Crippen LogP contribution is 2.24. The van der Waals surface area contributed by atoms with Gasteiger partial charge < -0.3 is 5.32 Å². The van der Waals surface area contributed by atoms with E-state index in [1.807, 2.05) is 30.3 Å². The van der Waals surface area contributed by atoms with Crippen molar-refractivity contribution in [3.63, 3.8) is 0 Å². The molecule has 4 heteroatoms. The molecule has 0 atom stereocenters. The normalized spacial score (nSPS) is 10.1. The van der Waals surface area contributed by atoms with Crippen molar-refractivity contribution >= 4 is 39.9 Å². The van der Waals surface area contributed by atoms with Crippen LogP contribution in [0.2, 0.25) is 5.02 Å². The summed E-state index contributed by atoms with van der Waals surface area (Å²) in [6, 6.07) is 9.92. The van der Waals surface area contributed by atoms with Crippen LogP contribution >= 0.6 is 34.2 Å². The van der Waals surface area contributed by atoms with E-state index in [-0.39, 0.29) is 0 Å². The summed E-state index contributed by atoms with van der Waals surface area (Å²) in [4.78, 5) is 3.97. The standard InChI is InChI=1S/C12H10ClIN2/c13-11-7-10(14)1-2-12(11)16-8-9-3-5-15-6-4-9/h1-7,16H,8H2. The molecule has 0 aliphatic carbocycles. The number of anilines is 1. The SMILES string of the molecule is Clc1cc(I)ccc1NCc1ccncc1. The molecular formula is C12H10ClIN2. The van der Waals surface area contributed by atoms with Crippen molar-refractivity contribution in [2.45, 2.75) is 6.54 Å². The summed E-state index contributed by atoms with van der Waals surface area (Å²) in [5.74, 6) is 0. The third kappa shape index (κ3) is 3.09. The first-order valence-corrected chi connectivity index (χ1v) is 6.29. The lowest BCUT2D eigenvalue weighted by Gasteiger charge is -2.08. The number of halogens is 2. The van der Waals surface area contributed by atoms with Gasteiger partial charge in [-0.3, -0.25) is 4.98 Å². The van der Waals surface area contributed by atoms with Crippen molar-refractivity contribution in [2.75, 3.05) is 5.32 Å². The van der Waals surface area contributed by atoms with Crippen molar-refractivity contribution in [2.24, 2.45) is 0 Å². The first kappa shape index (κ1) is 11.7. The highest BCUT2D eigenvalue weighted by molar-refractivity contribution is 14.1. The molecule has 2 aromatic rings. The number of benzene rings is 1. The molecule has 2 nitrogen and oxygen atoms in total. The highest BCUT2D eigenvalue weighted by Gasteiger charge is 2.00. The molecular weight excluding hydrogens is 335 g/mol. The van der Waals surface area contributed by atoms with Crippen LogP contribution < -0.4 is 5.32 Å². The average molecular weight is 345 g/mol. The molecule has 16 heavy (non-hydrogen) atoms. The summed E-state index contributed by atoms with van der Waals surface area (Å²) in [7, 11) is 0. The fraction of sp³-hybridized carbons (Fsp3) is 0.0833. The Labute approximate surface area is 113 Å². The monoisotopic (exact) mass is 344 g/mol. The number of nitrogens with one attached hydrogen (secondary N) is 1. The minimum atomic E-state index is 0.751. The van der Waals surface area contributed by atoms with Crippen molar-refractivity contribution in [3.8, 4) is 0 Å². The molecule has 0 amide bonds. The largest absolute Gasteiger partial charge is 0.380 e. The first-order valence-electron chi connectivity index (χ1n) is 4.83. The number of aromatic nitrogens is 1. The molecule has 0 unspecified atom stereocenters. The third-order valence-electron chi connectivity index (χ3n) is 2.16. The van der Waals surface area contributed by atoms with Crippen molar-refractivity contribution in [3.05, 3.63) is 56.9 Å². The number of pyridine rings is 1. The first-order chi connectivity index (χ1) is 7.75. The van der Waals surface area contributed by atoms with Gasteiger partial charge in [0.1, 0.15) is 0 Å². The zero-order valence-corrected chi connectivity index (χ0v) is 11.4. The maximum atomic E-state index is 6.12. The van der Waals surface area contributed by atoms with Gasteiger partial charge in [0, 0.05) is 22.5 Å². The molecule has 0 radical (unpaired) electrons. The molecule has 0 aliphatic heterocycles. The molecule has 0 fully saturated rings. The number of nitrogens with zero attached hydrogens (tertiary/aromatic N) is 1. The third-order valence-corrected chi connectivity index (χ3v) is 3.15. The van der Waals surface area contributed by atoms with E-state index in [1.54, 1.807) is 12.4 Å². The Balaban J connectivity index is 2.05. The summed E-state index contributed by atoms with van der Waals surface area (Å²) in [5, 5.41) is 4.04. The van der Waals surface area contributed by atoms with E-state index in [0.29, 0.717) is 0 Å². The topological polar surface area (TPSA) is 24.9 Å². The van der Waals surface area contributed by atoms with Gasteiger partial charge >= 0.3 is 0 Å². The molecule has 0 saturated heterocycles. The predicted octanol–water partition coefficient (Wildman–Crippen LogP) is 3.95. The van der Waals surface area contributed by atoms with Gasteiger partial charge in [-0.05, 0) is 58.5 Å². The van der Waals surface area contributed by atoms with Gasteiger partial charge in [-0.2, -0.15) is 0 Å². The summed E-state index contributed by atoms with van der Waals surface area (Å²) in [6.07, 6.45) is 3.57. The Morgan fingerprint density at radius 1 is 1.19 bits per heavy atom. The van der Waals surface area contributed by atoms with Gasteiger partial charge in [0.05, 0.1) is 10.7 Å². The maximum absolute atomic E-state index is 6.12. The van der Waals surface area contributed by atoms with Crippen LogP contribution in [0.4, 0.5) is 5.69 Å². The minimum Gasteiger partial charge on any atom is -0.380 e. The molecule has 0 aliphatic rings. The Morgan fingerprint density at radius 2 is 1.94 bits per heavy atom. The molecule has 1 aromatic heterocycles. The van der Waals surface area contributed by atoms with Crippen LogP contribution in [0, 0.1) is 3.57 Å². The van der Waals surface area contributed by atoms with E-state index in [9.17, 15) is 0 Å². The second-order valence-corrected chi connectivity index (χ2v) is 4.99. The Bertz CT molecular complexity index is 474. The van der Waals surface area contributed by atoms with Crippen LogP contribution in [0.25, 0.3) is 0 Å². The zero-order valence-electron chi connectivity index (χ0n) is 8.45. The zero-order chi connectivity index (χ0) is 11.4. The molecule has 82 valence electrons.